The molecule has 0 saturated carbocycles. The largest absolute Gasteiger partial charge is 0.251 e. The zero-order valence-electron chi connectivity index (χ0n) is 10.3. The molecule has 0 amide bonds. The van der Waals surface area contributed by atoms with Crippen molar-refractivity contribution < 1.29 is 0 Å². The van der Waals surface area contributed by atoms with Crippen LogP contribution in [0.1, 0.15) is 26.5 Å². The van der Waals surface area contributed by atoms with Gasteiger partial charge in [0.05, 0.1) is 10.2 Å². The summed E-state index contributed by atoms with van der Waals surface area (Å²) in [6, 6.07) is 12.8. The van der Waals surface area contributed by atoms with Crippen LogP contribution in [0.3, 0.4) is 0 Å². The molecule has 0 fully saturated rings. The van der Waals surface area contributed by atoms with Crippen LogP contribution in [0.25, 0.3) is 20.3 Å². The Hall–Kier alpha value is -1.41. The van der Waals surface area contributed by atoms with E-state index in [0.717, 1.165) is 11.2 Å². The molecule has 0 N–H and O–H groups in total. The molecule has 0 bridgehead atoms. The van der Waals surface area contributed by atoms with E-state index >= 15 is 0 Å². The quantitative estimate of drug-likeness (QED) is 0.553. The Balaban J connectivity index is 2.38. The summed E-state index contributed by atoms with van der Waals surface area (Å²) in [6.45, 7) is 6.61. The van der Waals surface area contributed by atoms with Crippen molar-refractivity contribution in [2.45, 2.75) is 26.2 Å². The number of pyridine rings is 1. The molecule has 3 rings (SSSR count). The minimum absolute atomic E-state index is 0.108. The van der Waals surface area contributed by atoms with Gasteiger partial charge < -0.3 is 0 Å². The molecule has 2 aromatic heterocycles. The van der Waals surface area contributed by atoms with Crippen molar-refractivity contribution in [3.63, 3.8) is 0 Å². The molecule has 17 heavy (non-hydrogen) atoms. The van der Waals surface area contributed by atoms with Crippen molar-refractivity contribution in [1.29, 1.82) is 0 Å². The van der Waals surface area contributed by atoms with E-state index in [2.05, 4.69) is 57.2 Å². The van der Waals surface area contributed by atoms with E-state index in [1.807, 2.05) is 11.3 Å². The van der Waals surface area contributed by atoms with Gasteiger partial charge in [0, 0.05) is 21.2 Å². The second-order valence-electron chi connectivity index (χ2n) is 5.39. The van der Waals surface area contributed by atoms with Gasteiger partial charge in [-0.3, -0.25) is 4.98 Å². The van der Waals surface area contributed by atoms with Crippen LogP contribution in [0.5, 0.6) is 0 Å². The van der Waals surface area contributed by atoms with Gasteiger partial charge in [-0.15, -0.1) is 11.3 Å². The molecule has 0 saturated heterocycles. The Morgan fingerprint density at radius 3 is 2.47 bits per heavy atom. The second kappa shape index (κ2) is 3.54. The summed E-state index contributed by atoms with van der Waals surface area (Å²) in [5.41, 5.74) is 2.42. The van der Waals surface area contributed by atoms with Crippen LogP contribution in [0, 0.1) is 0 Å². The lowest BCUT2D eigenvalue weighted by atomic mass is 9.91. The molecule has 0 atom stereocenters. The van der Waals surface area contributed by atoms with E-state index in [-0.39, 0.29) is 5.41 Å². The molecule has 2 heterocycles. The van der Waals surface area contributed by atoms with Crippen LogP contribution in [-0.4, -0.2) is 4.98 Å². The van der Waals surface area contributed by atoms with Gasteiger partial charge >= 0.3 is 0 Å². The van der Waals surface area contributed by atoms with Crippen molar-refractivity contribution in [1.82, 2.24) is 4.98 Å². The summed E-state index contributed by atoms with van der Waals surface area (Å²) >= 11 is 1.82. The molecular weight excluding hydrogens is 226 g/mol. The normalized spacial score (nSPS) is 12.4. The van der Waals surface area contributed by atoms with Gasteiger partial charge in [0.25, 0.3) is 0 Å². The van der Waals surface area contributed by atoms with Crippen molar-refractivity contribution in [2.75, 3.05) is 0 Å². The van der Waals surface area contributed by atoms with Gasteiger partial charge in [0.15, 0.2) is 0 Å². The molecule has 0 radical (unpaired) electrons. The number of nitrogens with zero attached hydrogens (tertiary/aromatic N) is 1. The fourth-order valence-corrected chi connectivity index (χ4v) is 3.06. The lowest BCUT2D eigenvalue weighted by Gasteiger charge is -2.17. The van der Waals surface area contributed by atoms with Crippen LogP contribution in [0.4, 0.5) is 0 Å². The minimum atomic E-state index is 0.108. The Morgan fingerprint density at radius 1 is 0.941 bits per heavy atom. The zero-order chi connectivity index (χ0) is 12.0. The first-order chi connectivity index (χ1) is 8.05. The Labute approximate surface area is 105 Å². The highest BCUT2D eigenvalue weighted by molar-refractivity contribution is 7.25. The average molecular weight is 241 g/mol. The number of aromatic nitrogens is 1. The van der Waals surface area contributed by atoms with E-state index < -0.39 is 0 Å². The number of hydrogen-bond acceptors (Lipinski definition) is 2. The third kappa shape index (κ3) is 1.73. The summed E-state index contributed by atoms with van der Waals surface area (Å²) in [7, 11) is 0. The molecule has 0 aliphatic carbocycles. The molecule has 0 spiro atoms. The number of thiophene rings is 1. The second-order valence-corrected chi connectivity index (χ2v) is 6.48. The van der Waals surface area contributed by atoms with Gasteiger partial charge in [-0.2, -0.15) is 0 Å². The zero-order valence-corrected chi connectivity index (χ0v) is 11.1. The van der Waals surface area contributed by atoms with Crippen LogP contribution >= 0.6 is 11.3 Å². The highest BCUT2D eigenvalue weighted by Crippen LogP contribution is 2.34. The van der Waals surface area contributed by atoms with Gasteiger partial charge in [-0.1, -0.05) is 39.0 Å². The molecule has 86 valence electrons. The van der Waals surface area contributed by atoms with Crippen LogP contribution in [-0.2, 0) is 5.41 Å². The summed E-state index contributed by atoms with van der Waals surface area (Å²) in [5, 5.41) is 1.28. The Kier molecular flexibility index (Phi) is 2.23. The molecule has 0 aliphatic heterocycles. The lowest BCUT2D eigenvalue weighted by Crippen LogP contribution is -2.12. The predicted molar refractivity (Wildman–Crippen MR) is 75.8 cm³/mol. The first kappa shape index (κ1) is 10.7. The predicted octanol–water partition coefficient (Wildman–Crippen LogP) is 4.75. The fourth-order valence-electron chi connectivity index (χ4n) is 2.01. The molecule has 1 aromatic carbocycles. The maximum Gasteiger partial charge on any atom is 0.0891 e. The minimum Gasteiger partial charge on any atom is -0.251 e. The standard InChI is InChI=1S/C15H15NS/c1-15(2,3)13-9-8-12-14(16-13)10-6-4-5-7-11(10)17-12/h4-9H,1-3H3. The molecule has 3 aromatic rings. The maximum atomic E-state index is 4.85. The topological polar surface area (TPSA) is 12.9 Å². The molecule has 0 unspecified atom stereocenters. The summed E-state index contributed by atoms with van der Waals surface area (Å²) in [6.07, 6.45) is 0. The Morgan fingerprint density at radius 2 is 1.71 bits per heavy atom. The third-order valence-corrected chi connectivity index (χ3v) is 4.11. The van der Waals surface area contributed by atoms with E-state index in [4.69, 9.17) is 4.98 Å². The lowest BCUT2D eigenvalue weighted by molar-refractivity contribution is 0.572. The van der Waals surface area contributed by atoms with Gasteiger partial charge in [-0.25, -0.2) is 0 Å². The number of benzene rings is 1. The summed E-state index contributed by atoms with van der Waals surface area (Å²) < 4.78 is 2.60. The van der Waals surface area contributed by atoms with Gasteiger partial charge in [0.2, 0.25) is 0 Å². The molecular formula is C15H15NS. The van der Waals surface area contributed by atoms with Gasteiger partial charge in [-0.05, 0) is 18.2 Å². The van der Waals surface area contributed by atoms with Crippen molar-refractivity contribution in [2.24, 2.45) is 0 Å². The first-order valence-electron chi connectivity index (χ1n) is 5.84. The van der Waals surface area contributed by atoms with Gasteiger partial charge in [0.1, 0.15) is 0 Å². The van der Waals surface area contributed by atoms with Crippen LogP contribution in [0.2, 0.25) is 0 Å². The Bertz CT molecular complexity index is 689. The van der Waals surface area contributed by atoms with Crippen LogP contribution < -0.4 is 0 Å². The summed E-state index contributed by atoms with van der Waals surface area (Å²) in [4.78, 5) is 4.85. The smallest absolute Gasteiger partial charge is 0.0891 e. The number of rotatable bonds is 0. The highest BCUT2D eigenvalue weighted by atomic mass is 32.1. The monoisotopic (exact) mass is 241 g/mol. The molecule has 2 heteroatoms. The van der Waals surface area contributed by atoms with E-state index in [1.165, 1.54) is 14.8 Å². The third-order valence-electron chi connectivity index (χ3n) is 2.99. The SMILES string of the molecule is CC(C)(C)c1ccc2sc3ccccc3c2n1. The number of fused-ring (bicyclic) bond motifs is 3. The van der Waals surface area contributed by atoms with Crippen molar-refractivity contribution in [3.05, 3.63) is 42.1 Å². The number of hydrogen-bond donors (Lipinski definition) is 0. The van der Waals surface area contributed by atoms with E-state index in [9.17, 15) is 0 Å². The van der Waals surface area contributed by atoms with Crippen molar-refractivity contribution in [3.8, 4) is 0 Å². The van der Waals surface area contributed by atoms with Crippen molar-refractivity contribution >= 4 is 31.6 Å². The average Bonchev–Trinajstić information content (AvgIpc) is 2.65. The van der Waals surface area contributed by atoms with E-state index in [1.54, 1.807) is 0 Å². The molecule has 1 nitrogen and oxygen atoms in total. The highest BCUT2D eigenvalue weighted by Gasteiger charge is 2.16. The summed E-state index contributed by atoms with van der Waals surface area (Å²) in [5.74, 6) is 0. The molecule has 0 aliphatic rings. The first-order valence-corrected chi connectivity index (χ1v) is 6.66. The maximum absolute atomic E-state index is 4.85. The van der Waals surface area contributed by atoms with Crippen LogP contribution in [0.15, 0.2) is 36.4 Å². The fraction of sp³-hybridized carbons (Fsp3) is 0.267. The van der Waals surface area contributed by atoms with E-state index in [0.29, 0.717) is 0 Å².